The van der Waals surface area contributed by atoms with E-state index in [1.807, 2.05) is 12.1 Å². The maximum atomic E-state index is 12.0. The van der Waals surface area contributed by atoms with E-state index in [1.54, 1.807) is 24.7 Å². The third-order valence-corrected chi connectivity index (χ3v) is 2.93. The van der Waals surface area contributed by atoms with Gasteiger partial charge in [0.15, 0.2) is 0 Å². The zero-order chi connectivity index (χ0) is 13.2. The molecule has 3 aromatic rings. The molecule has 1 amide bonds. The van der Waals surface area contributed by atoms with E-state index in [4.69, 9.17) is 5.73 Å². The van der Waals surface area contributed by atoms with Crippen LogP contribution in [0, 0.1) is 0 Å². The molecule has 0 radical (unpaired) electrons. The molecular weight excluding hydrogens is 242 g/mol. The smallest absolute Gasteiger partial charge is 0.268 e. The van der Waals surface area contributed by atoms with Crippen LogP contribution in [0.2, 0.25) is 0 Å². The van der Waals surface area contributed by atoms with Crippen molar-refractivity contribution in [3.05, 3.63) is 48.2 Å². The van der Waals surface area contributed by atoms with Gasteiger partial charge >= 0.3 is 0 Å². The lowest BCUT2D eigenvalue weighted by molar-refractivity contribution is 0.0946. The first-order valence-corrected chi connectivity index (χ1v) is 5.87. The number of hydrogen-bond donors (Lipinski definition) is 4. The summed E-state index contributed by atoms with van der Waals surface area (Å²) in [7, 11) is 0. The van der Waals surface area contributed by atoms with Gasteiger partial charge in [-0.25, -0.2) is 4.98 Å². The number of nitrogens with one attached hydrogen (secondary N) is 3. The van der Waals surface area contributed by atoms with Crippen LogP contribution in [0.15, 0.2) is 36.8 Å². The van der Waals surface area contributed by atoms with E-state index in [-0.39, 0.29) is 5.91 Å². The van der Waals surface area contributed by atoms with E-state index >= 15 is 0 Å². The number of benzene rings is 1. The molecule has 1 aromatic carbocycles. The summed E-state index contributed by atoms with van der Waals surface area (Å²) in [5.74, 6) is -0.176. The Balaban J connectivity index is 1.80. The molecule has 0 unspecified atom stereocenters. The average molecular weight is 255 g/mol. The Morgan fingerprint density at radius 2 is 2.32 bits per heavy atom. The van der Waals surface area contributed by atoms with E-state index in [0.29, 0.717) is 17.9 Å². The van der Waals surface area contributed by atoms with Crippen molar-refractivity contribution in [2.75, 3.05) is 5.73 Å². The number of para-hydroxylation sites is 1. The summed E-state index contributed by atoms with van der Waals surface area (Å²) >= 11 is 0. The molecule has 5 N–H and O–H groups in total. The molecule has 3 rings (SSSR count). The molecule has 0 spiro atoms. The normalized spacial score (nSPS) is 10.7. The lowest BCUT2D eigenvalue weighted by atomic mass is 10.2. The number of carbonyl (C=O) groups is 1. The molecule has 0 aliphatic carbocycles. The van der Waals surface area contributed by atoms with Crippen LogP contribution in [0.3, 0.4) is 0 Å². The quantitative estimate of drug-likeness (QED) is 0.532. The number of aromatic amines is 2. The summed E-state index contributed by atoms with van der Waals surface area (Å²) < 4.78 is 0. The lowest BCUT2D eigenvalue weighted by Crippen LogP contribution is -2.23. The Morgan fingerprint density at radius 3 is 3.05 bits per heavy atom. The first kappa shape index (κ1) is 11.3. The number of nitrogen functional groups attached to an aromatic ring is 1. The van der Waals surface area contributed by atoms with Gasteiger partial charge in [0, 0.05) is 11.6 Å². The van der Waals surface area contributed by atoms with Crippen molar-refractivity contribution in [1.82, 2.24) is 20.3 Å². The van der Waals surface area contributed by atoms with Crippen LogP contribution in [0.25, 0.3) is 10.9 Å². The van der Waals surface area contributed by atoms with E-state index in [0.717, 1.165) is 16.6 Å². The largest absolute Gasteiger partial charge is 0.397 e. The zero-order valence-corrected chi connectivity index (χ0v) is 10.1. The number of amides is 1. The summed E-state index contributed by atoms with van der Waals surface area (Å²) in [4.78, 5) is 21.8. The molecule has 96 valence electrons. The minimum atomic E-state index is -0.176. The average Bonchev–Trinajstić information content (AvgIpc) is 3.05. The number of H-pyrrole nitrogens is 2. The summed E-state index contributed by atoms with van der Waals surface area (Å²) in [6.45, 7) is 0.406. The van der Waals surface area contributed by atoms with Crippen molar-refractivity contribution < 1.29 is 4.79 Å². The van der Waals surface area contributed by atoms with Gasteiger partial charge in [0.1, 0.15) is 5.69 Å². The number of rotatable bonds is 3. The molecule has 2 heterocycles. The fourth-order valence-corrected chi connectivity index (χ4v) is 1.95. The topological polar surface area (TPSA) is 99.6 Å². The monoisotopic (exact) mass is 255 g/mol. The predicted octanol–water partition coefficient (Wildman–Crippen LogP) is 1.40. The Hall–Kier alpha value is -2.76. The molecule has 0 saturated carbocycles. The fourth-order valence-electron chi connectivity index (χ4n) is 1.95. The molecule has 0 fully saturated rings. The zero-order valence-electron chi connectivity index (χ0n) is 10.1. The SMILES string of the molecule is Nc1cccc2cc(C(=O)NCc3cnc[nH]3)[nH]c12. The molecule has 0 atom stereocenters. The highest BCUT2D eigenvalue weighted by molar-refractivity contribution is 6.00. The van der Waals surface area contributed by atoms with Crippen molar-refractivity contribution >= 4 is 22.5 Å². The third-order valence-electron chi connectivity index (χ3n) is 2.93. The van der Waals surface area contributed by atoms with Crippen LogP contribution < -0.4 is 11.1 Å². The molecule has 0 aliphatic heterocycles. The van der Waals surface area contributed by atoms with Crippen molar-refractivity contribution in [3.8, 4) is 0 Å². The number of nitrogens with zero attached hydrogens (tertiary/aromatic N) is 1. The highest BCUT2D eigenvalue weighted by atomic mass is 16.1. The van der Waals surface area contributed by atoms with Crippen LogP contribution in [0.5, 0.6) is 0 Å². The van der Waals surface area contributed by atoms with Gasteiger partial charge in [0.25, 0.3) is 5.91 Å². The van der Waals surface area contributed by atoms with Crippen molar-refractivity contribution in [1.29, 1.82) is 0 Å². The number of anilines is 1. The minimum absolute atomic E-state index is 0.176. The summed E-state index contributed by atoms with van der Waals surface area (Å²) in [6.07, 6.45) is 3.24. The van der Waals surface area contributed by atoms with Gasteiger partial charge in [-0.05, 0) is 12.1 Å². The first-order chi connectivity index (χ1) is 9.24. The molecule has 0 bridgehead atoms. The highest BCUT2D eigenvalue weighted by Crippen LogP contribution is 2.20. The van der Waals surface area contributed by atoms with E-state index < -0.39 is 0 Å². The van der Waals surface area contributed by atoms with Gasteiger partial charge in [-0.3, -0.25) is 4.79 Å². The number of carbonyl (C=O) groups excluding carboxylic acids is 1. The van der Waals surface area contributed by atoms with Gasteiger partial charge in [0.05, 0.1) is 29.8 Å². The van der Waals surface area contributed by atoms with Crippen LogP contribution in [-0.4, -0.2) is 20.9 Å². The van der Waals surface area contributed by atoms with Gasteiger partial charge in [-0.1, -0.05) is 12.1 Å². The van der Waals surface area contributed by atoms with E-state index in [2.05, 4.69) is 20.3 Å². The van der Waals surface area contributed by atoms with Gasteiger partial charge in [-0.2, -0.15) is 0 Å². The second-order valence-electron chi connectivity index (χ2n) is 4.25. The molecule has 19 heavy (non-hydrogen) atoms. The first-order valence-electron chi connectivity index (χ1n) is 5.87. The number of aromatic nitrogens is 3. The standard InChI is InChI=1S/C13H13N5O/c14-10-3-1-2-8-4-11(18-12(8)10)13(19)16-6-9-5-15-7-17-9/h1-5,7,18H,6,14H2,(H,15,17)(H,16,19). The fraction of sp³-hybridized carbons (Fsp3) is 0.0769. The second kappa shape index (κ2) is 4.49. The Morgan fingerprint density at radius 1 is 1.42 bits per heavy atom. The maximum Gasteiger partial charge on any atom is 0.268 e. The summed E-state index contributed by atoms with van der Waals surface area (Å²) in [6, 6.07) is 7.35. The third kappa shape index (κ3) is 2.15. The number of hydrogen-bond acceptors (Lipinski definition) is 3. The number of nitrogens with two attached hydrogens (primary N) is 1. The second-order valence-corrected chi connectivity index (χ2v) is 4.25. The molecule has 6 heteroatoms. The summed E-state index contributed by atoms with van der Waals surface area (Å²) in [5.41, 5.74) is 8.60. The number of fused-ring (bicyclic) bond motifs is 1. The molecule has 6 nitrogen and oxygen atoms in total. The molecule has 0 aliphatic rings. The highest BCUT2D eigenvalue weighted by Gasteiger charge is 2.10. The Bertz CT molecular complexity index is 714. The van der Waals surface area contributed by atoms with Crippen LogP contribution in [0.1, 0.15) is 16.2 Å². The van der Waals surface area contributed by atoms with Crippen molar-refractivity contribution in [2.45, 2.75) is 6.54 Å². The summed E-state index contributed by atoms with van der Waals surface area (Å²) in [5, 5.41) is 3.72. The molecule has 2 aromatic heterocycles. The maximum absolute atomic E-state index is 12.0. The van der Waals surface area contributed by atoms with Crippen LogP contribution in [0.4, 0.5) is 5.69 Å². The van der Waals surface area contributed by atoms with Gasteiger partial charge in [0.2, 0.25) is 0 Å². The van der Waals surface area contributed by atoms with Crippen LogP contribution in [-0.2, 0) is 6.54 Å². The molecular formula is C13H13N5O. The minimum Gasteiger partial charge on any atom is -0.397 e. The predicted molar refractivity (Wildman–Crippen MR) is 72.5 cm³/mol. The van der Waals surface area contributed by atoms with E-state index in [1.165, 1.54) is 0 Å². The van der Waals surface area contributed by atoms with Crippen molar-refractivity contribution in [2.24, 2.45) is 0 Å². The van der Waals surface area contributed by atoms with E-state index in [9.17, 15) is 4.79 Å². The number of imidazole rings is 1. The Labute approximate surface area is 109 Å². The van der Waals surface area contributed by atoms with Gasteiger partial charge in [-0.15, -0.1) is 0 Å². The molecule has 0 saturated heterocycles. The lowest BCUT2D eigenvalue weighted by Gasteiger charge is -2.01. The van der Waals surface area contributed by atoms with Crippen LogP contribution >= 0.6 is 0 Å². The van der Waals surface area contributed by atoms with Crippen molar-refractivity contribution in [3.63, 3.8) is 0 Å². The van der Waals surface area contributed by atoms with Gasteiger partial charge < -0.3 is 21.0 Å². The Kier molecular flexibility index (Phi) is 2.68.